The second-order valence-electron chi connectivity index (χ2n) is 6.77. The fourth-order valence-electron chi connectivity index (χ4n) is 3.53. The summed E-state index contributed by atoms with van der Waals surface area (Å²) < 4.78 is 30.3. The molecule has 0 aliphatic heterocycles. The van der Waals surface area contributed by atoms with Crippen LogP contribution in [0.5, 0.6) is 0 Å². The third-order valence-corrected chi connectivity index (χ3v) is 4.86. The summed E-state index contributed by atoms with van der Waals surface area (Å²) in [6.07, 6.45) is 0. The topological polar surface area (TPSA) is 47.7 Å². The Hall–Kier alpha value is -3.22. The third-order valence-electron chi connectivity index (χ3n) is 4.86. The molecule has 1 atom stereocenters. The number of benzene rings is 2. The Morgan fingerprint density at radius 3 is 2.36 bits per heavy atom. The lowest BCUT2D eigenvalue weighted by molar-refractivity contribution is 0.0708. The van der Waals surface area contributed by atoms with Crippen molar-refractivity contribution >= 4 is 16.7 Å². The molecule has 0 aliphatic carbocycles. The first kappa shape index (κ1) is 18.2. The molecular weight excluding hydrogens is 360 g/mol. The first-order chi connectivity index (χ1) is 13.5. The van der Waals surface area contributed by atoms with Gasteiger partial charge in [-0.25, -0.2) is 9.67 Å². The summed E-state index contributed by atoms with van der Waals surface area (Å²) in [5.74, 6) is 0.294. The summed E-state index contributed by atoms with van der Waals surface area (Å²) >= 11 is 0. The number of nitrogens with zero attached hydrogens (tertiary/aromatic N) is 4. The lowest BCUT2D eigenvalue weighted by Gasteiger charge is -2.17. The van der Waals surface area contributed by atoms with E-state index in [-0.39, 0.29) is 0 Å². The van der Waals surface area contributed by atoms with Gasteiger partial charge in [-0.05, 0) is 45.0 Å². The van der Waals surface area contributed by atoms with Crippen molar-refractivity contribution in [1.82, 2.24) is 19.3 Å². The van der Waals surface area contributed by atoms with E-state index in [1.807, 2.05) is 55.8 Å². The predicted molar refractivity (Wildman–Crippen MR) is 106 cm³/mol. The Morgan fingerprint density at radius 2 is 1.64 bits per heavy atom. The number of rotatable bonds is 5. The number of hydrogen-bond acceptors (Lipinski definition) is 3. The number of aryl methyl sites for hydroxylation is 1. The van der Waals surface area contributed by atoms with Gasteiger partial charge in [-0.15, -0.1) is 0 Å². The van der Waals surface area contributed by atoms with Gasteiger partial charge in [0.05, 0.1) is 39.8 Å². The normalized spacial score (nSPS) is 12.6. The molecule has 2 heterocycles. The summed E-state index contributed by atoms with van der Waals surface area (Å²) in [6, 6.07) is 16.3. The number of fused-ring (bicyclic) bond motifs is 1. The van der Waals surface area contributed by atoms with Crippen LogP contribution in [0.2, 0.25) is 0 Å². The van der Waals surface area contributed by atoms with Crippen molar-refractivity contribution in [2.75, 3.05) is 5.32 Å². The molecule has 0 bridgehead atoms. The van der Waals surface area contributed by atoms with Gasteiger partial charge in [-0.2, -0.15) is 13.9 Å². The molecule has 0 radical (unpaired) electrons. The van der Waals surface area contributed by atoms with Crippen LogP contribution in [0.25, 0.3) is 16.7 Å². The third kappa shape index (κ3) is 3.02. The molecule has 0 saturated carbocycles. The molecule has 144 valence electrons. The molecule has 7 heteroatoms. The van der Waals surface area contributed by atoms with Crippen molar-refractivity contribution in [3.05, 3.63) is 71.8 Å². The maximum Gasteiger partial charge on any atom is 0.320 e. The van der Waals surface area contributed by atoms with Crippen molar-refractivity contribution in [2.45, 2.75) is 33.4 Å². The van der Waals surface area contributed by atoms with Crippen LogP contribution in [0.3, 0.4) is 0 Å². The average molecular weight is 381 g/mol. The molecule has 0 fully saturated rings. The fourth-order valence-corrected chi connectivity index (χ4v) is 3.53. The minimum atomic E-state index is -2.67. The average Bonchev–Trinajstić information content (AvgIpc) is 3.22. The van der Waals surface area contributed by atoms with Gasteiger partial charge in [0.25, 0.3) is 0 Å². The van der Waals surface area contributed by atoms with E-state index in [0.717, 1.165) is 27.3 Å². The van der Waals surface area contributed by atoms with E-state index < -0.39 is 12.6 Å². The van der Waals surface area contributed by atoms with Crippen LogP contribution < -0.4 is 5.32 Å². The minimum absolute atomic E-state index is 0.294. The Kier molecular flexibility index (Phi) is 4.58. The van der Waals surface area contributed by atoms with Gasteiger partial charge in [0.1, 0.15) is 5.82 Å². The molecule has 0 aliphatic rings. The highest BCUT2D eigenvalue weighted by Crippen LogP contribution is 2.31. The summed E-state index contributed by atoms with van der Waals surface area (Å²) in [5.41, 5.74) is 4.46. The van der Waals surface area contributed by atoms with Gasteiger partial charge in [-0.1, -0.05) is 30.3 Å². The Bertz CT molecular complexity index is 1110. The summed E-state index contributed by atoms with van der Waals surface area (Å²) in [7, 11) is 0. The van der Waals surface area contributed by atoms with Crippen LogP contribution in [0, 0.1) is 13.8 Å². The van der Waals surface area contributed by atoms with Crippen molar-refractivity contribution in [2.24, 2.45) is 0 Å². The van der Waals surface area contributed by atoms with E-state index in [0.29, 0.717) is 16.9 Å². The van der Waals surface area contributed by atoms with Crippen molar-refractivity contribution in [3.8, 4) is 5.69 Å². The number of alkyl halides is 2. The summed E-state index contributed by atoms with van der Waals surface area (Å²) in [6.45, 7) is 3.02. The smallest absolute Gasteiger partial charge is 0.320 e. The largest absolute Gasteiger partial charge is 0.372 e. The van der Waals surface area contributed by atoms with E-state index in [9.17, 15) is 8.78 Å². The van der Waals surface area contributed by atoms with Gasteiger partial charge >= 0.3 is 6.55 Å². The van der Waals surface area contributed by atoms with Gasteiger partial charge in [-0.3, -0.25) is 4.57 Å². The second-order valence-corrected chi connectivity index (χ2v) is 6.77. The van der Waals surface area contributed by atoms with Crippen LogP contribution in [0.4, 0.5) is 14.5 Å². The highest BCUT2D eigenvalue weighted by molar-refractivity contribution is 5.76. The standard InChI is InChI=1S/C21H21F2N5/c1-13-19(15(3)28(26-13)16-9-5-4-6-10-16)24-14(2)20-25-17-11-7-8-12-18(17)27(20)21(22)23/h4-12,14,21,24H,1-3H3/t14-/m1/s1. The number of anilines is 1. The van der Waals surface area contributed by atoms with Gasteiger partial charge in [0.15, 0.2) is 0 Å². The zero-order chi connectivity index (χ0) is 19.8. The molecule has 4 rings (SSSR count). The van der Waals surface area contributed by atoms with E-state index in [1.165, 1.54) is 0 Å². The van der Waals surface area contributed by atoms with Crippen molar-refractivity contribution in [3.63, 3.8) is 0 Å². The number of halogens is 2. The van der Waals surface area contributed by atoms with E-state index in [1.54, 1.807) is 24.3 Å². The zero-order valence-corrected chi connectivity index (χ0v) is 15.9. The fraction of sp³-hybridized carbons (Fsp3) is 0.238. The number of nitrogens with one attached hydrogen (secondary N) is 1. The number of hydrogen-bond donors (Lipinski definition) is 1. The molecule has 2 aromatic heterocycles. The maximum atomic E-state index is 13.8. The van der Waals surface area contributed by atoms with Crippen LogP contribution >= 0.6 is 0 Å². The molecule has 0 spiro atoms. The van der Waals surface area contributed by atoms with E-state index >= 15 is 0 Å². The highest BCUT2D eigenvalue weighted by atomic mass is 19.3. The molecule has 1 N–H and O–H groups in total. The Labute approximate surface area is 161 Å². The number of aromatic nitrogens is 4. The monoisotopic (exact) mass is 381 g/mol. The number of imidazole rings is 1. The van der Waals surface area contributed by atoms with Crippen molar-refractivity contribution in [1.29, 1.82) is 0 Å². The first-order valence-electron chi connectivity index (χ1n) is 9.10. The molecule has 28 heavy (non-hydrogen) atoms. The summed E-state index contributed by atoms with van der Waals surface area (Å²) in [5, 5.41) is 7.95. The Balaban J connectivity index is 1.72. The van der Waals surface area contributed by atoms with Gasteiger partial charge in [0, 0.05) is 0 Å². The van der Waals surface area contributed by atoms with Gasteiger partial charge in [0.2, 0.25) is 0 Å². The lowest BCUT2D eigenvalue weighted by Crippen LogP contribution is -2.15. The van der Waals surface area contributed by atoms with Crippen LogP contribution in [0.1, 0.15) is 36.7 Å². The quantitative estimate of drug-likeness (QED) is 0.503. The predicted octanol–water partition coefficient (Wildman–Crippen LogP) is 5.41. The SMILES string of the molecule is Cc1nn(-c2ccccc2)c(C)c1N[C@H](C)c1nc2ccccc2n1C(F)F. The molecule has 2 aromatic carbocycles. The molecule has 4 aromatic rings. The number of para-hydroxylation sites is 3. The molecule has 5 nitrogen and oxygen atoms in total. The second kappa shape index (κ2) is 7.07. The van der Waals surface area contributed by atoms with Crippen LogP contribution in [-0.2, 0) is 0 Å². The van der Waals surface area contributed by atoms with Crippen LogP contribution in [-0.4, -0.2) is 19.3 Å². The molecule has 0 unspecified atom stereocenters. The Morgan fingerprint density at radius 1 is 0.964 bits per heavy atom. The minimum Gasteiger partial charge on any atom is -0.372 e. The van der Waals surface area contributed by atoms with Crippen molar-refractivity contribution < 1.29 is 8.78 Å². The molecule has 0 saturated heterocycles. The van der Waals surface area contributed by atoms with E-state index in [2.05, 4.69) is 15.4 Å². The highest BCUT2D eigenvalue weighted by Gasteiger charge is 2.23. The summed E-state index contributed by atoms with van der Waals surface area (Å²) in [4.78, 5) is 4.45. The molecular formula is C21H21F2N5. The van der Waals surface area contributed by atoms with E-state index in [4.69, 9.17) is 0 Å². The molecule has 0 amide bonds. The maximum absolute atomic E-state index is 13.8. The zero-order valence-electron chi connectivity index (χ0n) is 15.9. The van der Waals surface area contributed by atoms with Gasteiger partial charge < -0.3 is 5.32 Å². The lowest BCUT2D eigenvalue weighted by atomic mass is 10.2. The van der Waals surface area contributed by atoms with Crippen LogP contribution in [0.15, 0.2) is 54.6 Å². The first-order valence-corrected chi connectivity index (χ1v) is 9.10.